The molecule has 3 aromatic rings. The van der Waals surface area contributed by atoms with Crippen LogP contribution in [0.3, 0.4) is 0 Å². The van der Waals surface area contributed by atoms with E-state index in [9.17, 15) is 9.59 Å². The number of aromatic nitrogens is 2. The van der Waals surface area contributed by atoms with Crippen LogP contribution in [0, 0.1) is 13.8 Å². The molecule has 1 amide bonds. The molecular weight excluding hydrogens is 352 g/mol. The number of aryl methyl sites for hydroxylation is 3. The van der Waals surface area contributed by atoms with E-state index in [1.807, 2.05) is 32.9 Å². The number of hydrogen-bond donors (Lipinski definition) is 1. The van der Waals surface area contributed by atoms with E-state index in [0.29, 0.717) is 23.0 Å². The molecule has 1 aliphatic rings. The van der Waals surface area contributed by atoms with Crippen LogP contribution in [0.1, 0.15) is 46.2 Å². The van der Waals surface area contributed by atoms with Crippen molar-refractivity contribution in [3.63, 3.8) is 0 Å². The van der Waals surface area contributed by atoms with E-state index in [0.717, 1.165) is 35.5 Å². The number of benzene rings is 2. The summed E-state index contributed by atoms with van der Waals surface area (Å²) in [6.07, 6.45) is 1.72. The number of carbonyl (C=O) groups excluding carboxylic acids is 1. The minimum absolute atomic E-state index is 0.0341. The van der Waals surface area contributed by atoms with Gasteiger partial charge in [-0.15, -0.1) is 0 Å². The molecule has 2 aromatic carbocycles. The number of carbonyl (C=O) groups is 1. The van der Waals surface area contributed by atoms with Crippen LogP contribution in [0.25, 0.3) is 10.9 Å². The molecule has 0 fully saturated rings. The van der Waals surface area contributed by atoms with Gasteiger partial charge in [0.15, 0.2) is 0 Å². The van der Waals surface area contributed by atoms with Crippen LogP contribution in [0.4, 0.5) is 0 Å². The number of nitrogens with zero attached hydrogens (tertiary/aromatic N) is 3. The van der Waals surface area contributed by atoms with Crippen molar-refractivity contribution in [2.45, 2.75) is 40.2 Å². The standard InChI is InChI=1S/C22H22N4O2/c1-13-6-8-17(14(2)11-13)15(3)24-25-21(27)16-7-9-18-19(12-16)23-20-5-4-10-26(20)22(18)28/h6-9,11-12H,4-5,10H2,1-3H3,(H,25,27)/b24-15-. The van der Waals surface area contributed by atoms with Crippen molar-refractivity contribution in [1.29, 1.82) is 0 Å². The fraction of sp³-hybridized carbons (Fsp3) is 0.273. The lowest BCUT2D eigenvalue weighted by atomic mass is 10.0. The highest BCUT2D eigenvalue weighted by molar-refractivity contribution is 6.02. The van der Waals surface area contributed by atoms with E-state index in [-0.39, 0.29) is 11.5 Å². The maximum Gasteiger partial charge on any atom is 0.271 e. The molecule has 0 atom stereocenters. The van der Waals surface area contributed by atoms with Gasteiger partial charge in [-0.05, 0) is 51.0 Å². The molecule has 28 heavy (non-hydrogen) atoms. The largest absolute Gasteiger partial charge is 0.296 e. The van der Waals surface area contributed by atoms with Gasteiger partial charge in [-0.1, -0.05) is 23.8 Å². The summed E-state index contributed by atoms with van der Waals surface area (Å²) < 4.78 is 1.72. The first kappa shape index (κ1) is 18.1. The highest BCUT2D eigenvalue weighted by Gasteiger charge is 2.17. The normalized spacial score (nSPS) is 13.6. The number of hydrazone groups is 1. The van der Waals surface area contributed by atoms with Gasteiger partial charge in [0.2, 0.25) is 0 Å². The van der Waals surface area contributed by atoms with Crippen molar-refractivity contribution in [3.8, 4) is 0 Å². The van der Waals surface area contributed by atoms with Crippen LogP contribution < -0.4 is 11.0 Å². The number of nitrogens with one attached hydrogen (secondary N) is 1. The van der Waals surface area contributed by atoms with Crippen molar-refractivity contribution >= 4 is 22.5 Å². The van der Waals surface area contributed by atoms with Gasteiger partial charge in [0.25, 0.3) is 11.5 Å². The Bertz CT molecular complexity index is 1190. The third-order valence-electron chi connectivity index (χ3n) is 5.18. The van der Waals surface area contributed by atoms with Crippen LogP contribution in [0.15, 0.2) is 46.3 Å². The summed E-state index contributed by atoms with van der Waals surface area (Å²) in [7, 11) is 0. The predicted octanol–water partition coefficient (Wildman–Crippen LogP) is 3.11. The lowest BCUT2D eigenvalue weighted by Crippen LogP contribution is -2.22. The van der Waals surface area contributed by atoms with Gasteiger partial charge in [0, 0.05) is 24.1 Å². The third-order valence-corrected chi connectivity index (χ3v) is 5.18. The second-order valence-corrected chi connectivity index (χ2v) is 7.28. The van der Waals surface area contributed by atoms with E-state index >= 15 is 0 Å². The second-order valence-electron chi connectivity index (χ2n) is 7.28. The van der Waals surface area contributed by atoms with Gasteiger partial charge >= 0.3 is 0 Å². The minimum atomic E-state index is -0.326. The van der Waals surface area contributed by atoms with Gasteiger partial charge < -0.3 is 0 Å². The Hall–Kier alpha value is -3.28. The Morgan fingerprint density at radius 2 is 2.00 bits per heavy atom. The second kappa shape index (κ2) is 7.03. The van der Waals surface area contributed by atoms with E-state index in [1.54, 1.807) is 22.8 Å². The average molecular weight is 374 g/mol. The molecule has 4 rings (SSSR count). The molecule has 1 aromatic heterocycles. The Morgan fingerprint density at radius 3 is 2.79 bits per heavy atom. The lowest BCUT2D eigenvalue weighted by molar-refractivity contribution is 0.0955. The number of fused-ring (bicyclic) bond motifs is 2. The summed E-state index contributed by atoms with van der Waals surface area (Å²) in [4.78, 5) is 29.7. The van der Waals surface area contributed by atoms with E-state index in [4.69, 9.17) is 0 Å². The zero-order chi connectivity index (χ0) is 19.8. The van der Waals surface area contributed by atoms with E-state index in [2.05, 4.69) is 21.6 Å². The van der Waals surface area contributed by atoms with Crippen LogP contribution >= 0.6 is 0 Å². The Kier molecular flexibility index (Phi) is 4.55. The third kappa shape index (κ3) is 3.22. The van der Waals surface area contributed by atoms with Crippen molar-refractivity contribution in [2.24, 2.45) is 5.10 Å². The number of rotatable bonds is 3. The van der Waals surface area contributed by atoms with Crippen LogP contribution in [-0.4, -0.2) is 21.2 Å². The Balaban J connectivity index is 1.60. The molecule has 0 radical (unpaired) electrons. The van der Waals surface area contributed by atoms with Crippen LogP contribution in [-0.2, 0) is 13.0 Å². The fourth-order valence-corrected chi connectivity index (χ4v) is 3.70. The Labute approximate surface area is 162 Å². The topological polar surface area (TPSA) is 76.3 Å². The summed E-state index contributed by atoms with van der Waals surface area (Å²) in [6, 6.07) is 11.1. The van der Waals surface area contributed by atoms with E-state index in [1.165, 1.54) is 5.56 Å². The molecule has 2 heterocycles. The average Bonchev–Trinajstić information content (AvgIpc) is 3.14. The highest BCUT2D eigenvalue weighted by atomic mass is 16.2. The van der Waals surface area contributed by atoms with Crippen molar-refractivity contribution in [3.05, 3.63) is 74.8 Å². The summed E-state index contributed by atoms with van der Waals surface area (Å²) in [5, 5.41) is 4.79. The molecule has 0 unspecified atom stereocenters. The fourth-order valence-electron chi connectivity index (χ4n) is 3.70. The molecule has 0 saturated carbocycles. The lowest BCUT2D eigenvalue weighted by Gasteiger charge is -2.08. The molecule has 0 saturated heterocycles. The Morgan fingerprint density at radius 1 is 1.18 bits per heavy atom. The van der Waals surface area contributed by atoms with E-state index < -0.39 is 0 Å². The monoisotopic (exact) mass is 374 g/mol. The summed E-state index contributed by atoms with van der Waals surface area (Å²) in [6.45, 7) is 6.64. The number of hydrogen-bond acceptors (Lipinski definition) is 4. The molecule has 1 aliphatic heterocycles. The summed E-state index contributed by atoms with van der Waals surface area (Å²) >= 11 is 0. The van der Waals surface area contributed by atoms with Crippen molar-refractivity contribution in [2.75, 3.05) is 0 Å². The smallest absolute Gasteiger partial charge is 0.271 e. The van der Waals surface area contributed by atoms with Crippen LogP contribution in [0.2, 0.25) is 0 Å². The summed E-state index contributed by atoms with van der Waals surface area (Å²) in [5.74, 6) is 0.465. The van der Waals surface area contributed by atoms with Crippen molar-refractivity contribution in [1.82, 2.24) is 15.0 Å². The first-order valence-electron chi connectivity index (χ1n) is 9.40. The van der Waals surface area contributed by atoms with Gasteiger partial charge in [0.1, 0.15) is 5.82 Å². The van der Waals surface area contributed by atoms with Gasteiger partial charge in [-0.2, -0.15) is 5.10 Å². The SMILES string of the molecule is C/C(=N/NC(=O)c1ccc2c(=O)n3c(nc2c1)CCC3)c1ccc(C)cc1C. The predicted molar refractivity (Wildman–Crippen MR) is 110 cm³/mol. The molecule has 0 bridgehead atoms. The molecule has 0 spiro atoms. The molecule has 1 N–H and O–H groups in total. The summed E-state index contributed by atoms with van der Waals surface area (Å²) in [5.41, 5.74) is 7.59. The number of amides is 1. The maximum atomic E-state index is 12.6. The quantitative estimate of drug-likeness (QED) is 0.565. The zero-order valence-electron chi connectivity index (χ0n) is 16.2. The van der Waals surface area contributed by atoms with Gasteiger partial charge in [0.05, 0.1) is 16.6 Å². The maximum absolute atomic E-state index is 12.6. The molecule has 0 aliphatic carbocycles. The highest BCUT2D eigenvalue weighted by Crippen LogP contribution is 2.16. The molecule has 6 heteroatoms. The van der Waals surface area contributed by atoms with Gasteiger partial charge in [-0.3, -0.25) is 14.2 Å². The van der Waals surface area contributed by atoms with Crippen LogP contribution in [0.5, 0.6) is 0 Å². The molecular formula is C22H22N4O2. The minimum Gasteiger partial charge on any atom is -0.296 e. The van der Waals surface area contributed by atoms with Crippen molar-refractivity contribution < 1.29 is 4.79 Å². The first-order chi connectivity index (χ1) is 13.4. The first-order valence-corrected chi connectivity index (χ1v) is 9.40. The van der Waals surface area contributed by atoms with Gasteiger partial charge in [-0.25, -0.2) is 10.4 Å². The molecule has 6 nitrogen and oxygen atoms in total. The zero-order valence-corrected chi connectivity index (χ0v) is 16.2. The molecule has 142 valence electrons.